The van der Waals surface area contributed by atoms with E-state index in [4.69, 9.17) is 0 Å². The minimum atomic E-state index is -0.846. The van der Waals surface area contributed by atoms with Crippen molar-refractivity contribution in [3.05, 3.63) is 16.1 Å². The highest BCUT2D eigenvalue weighted by atomic mass is 32.1. The Kier molecular flexibility index (Phi) is 2.86. The largest absolute Gasteiger partial charge is 0.333 e. The lowest BCUT2D eigenvalue weighted by molar-refractivity contribution is 0.0897. The van der Waals surface area contributed by atoms with E-state index in [0.717, 1.165) is 9.88 Å². The fourth-order valence-electron chi connectivity index (χ4n) is 1.35. The highest BCUT2D eigenvalue weighted by molar-refractivity contribution is 7.11. The molecule has 0 saturated carbocycles. The third kappa shape index (κ3) is 2.44. The summed E-state index contributed by atoms with van der Waals surface area (Å²) in [6.07, 6.45) is 0.898. The molecule has 2 amide bonds. The van der Waals surface area contributed by atoms with Gasteiger partial charge in [0.25, 0.3) is 0 Å². The monoisotopic (exact) mass is 229 g/mol. The summed E-state index contributed by atoms with van der Waals surface area (Å²) in [5.74, 6) is 0. The molecule has 4 nitrogen and oxygen atoms in total. The predicted octanol–water partition coefficient (Wildman–Crippen LogP) is 1.31. The van der Waals surface area contributed by atoms with Gasteiger partial charge in [0.1, 0.15) is 6.17 Å². The molecule has 1 saturated heterocycles. The molecular weight excluding hydrogens is 217 g/mol. The molecular formula is C9H12FN3OS. The summed E-state index contributed by atoms with van der Waals surface area (Å²) in [7, 11) is 0. The Morgan fingerprint density at radius 2 is 2.53 bits per heavy atom. The zero-order valence-corrected chi connectivity index (χ0v) is 9.18. The molecule has 1 aromatic heterocycles. The van der Waals surface area contributed by atoms with Crippen molar-refractivity contribution in [3.63, 3.8) is 0 Å². The number of aryl methyl sites for hydroxylation is 1. The van der Waals surface area contributed by atoms with E-state index in [1.54, 1.807) is 17.5 Å². The Hall–Kier alpha value is -1.17. The molecule has 0 bridgehead atoms. The smallest absolute Gasteiger partial charge is 0.317 e. The molecule has 0 radical (unpaired) electrons. The van der Waals surface area contributed by atoms with Crippen molar-refractivity contribution < 1.29 is 9.18 Å². The first-order valence-electron chi connectivity index (χ1n) is 4.73. The van der Waals surface area contributed by atoms with Crippen LogP contribution in [0.25, 0.3) is 0 Å². The van der Waals surface area contributed by atoms with E-state index in [0.29, 0.717) is 6.54 Å². The van der Waals surface area contributed by atoms with E-state index in [9.17, 15) is 9.18 Å². The molecule has 0 unspecified atom stereocenters. The number of aromatic nitrogens is 1. The van der Waals surface area contributed by atoms with Crippen LogP contribution in [0.1, 0.15) is 9.88 Å². The second kappa shape index (κ2) is 4.14. The molecule has 0 atom stereocenters. The summed E-state index contributed by atoms with van der Waals surface area (Å²) in [4.78, 5) is 17.9. The number of halogens is 1. The van der Waals surface area contributed by atoms with Gasteiger partial charge >= 0.3 is 6.03 Å². The third-order valence-corrected chi connectivity index (χ3v) is 3.12. The second-order valence-corrected chi connectivity index (χ2v) is 4.83. The van der Waals surface area contributed by atoms with E-state index in [1.165, 1.54) is 4.90 Å². The molecule has 1 fully saturated rings. The van der Waals surface area contributed by atoms with E-state index in [1.807, 2.05) is 6.92 Å². The lowest BCUT2D eigenvalue weighted by atomic mass is 10.2. The van der Waals surface area contributed by atoms with Crippen LogP contribution in [0, 0.1) is 6.92 Å². The number of nitrogens with one attached hydrogen (secondary N) is 1. The van der Waals surface area contributed by atoms with Crippen molar-refractivity contribution in [2.45, 2.75) is 19.6 Å². The standard InChI is InChI=1S/C9H12FN3OS/c1-6-11-2-8(15-6)3-12-9(14)13-4-7(10)5-13/h2,7H,3-5H2,1H3,(H,12,14). The highest BCUT2D eigenvalue weighted by Gasteiger charge is 2.29. The summed E-state index contributed by atoms with van der Waals surface area (Å²) >= 11 is 1.55. The number of thiazole rings is 1. The van der Waals surface area contributed by atoms with Crippen molar-refractivity contribution in [2.75, 3.05) is 13.1 Å². The van der Waals surface area contributed by atoms with Gasteiger partial charge in [-0.25, -0.2) is 14.2 Å². The second-order valence-electron chi connectivity index (χ2n) is 3.51. The zero-order chi connectivity index (χ0) is 10.8. The van der Waals surface area contributed by atoms with Crippen molar-refractivity contribution in [2.24, 2.45) is 0 Å². The fraction of sp³-hybridized carbons (Fsp3) is 0.556. The Morgan fingerprint density at radius 1 is 1.80 bits per heavy atom. The molecule has 1 N–H and O–H groups in total. The first kappa shape index (κ1) is 10.4. The molecule has 6 heteroatoms. The number of likely N-dealkylation sites (tertiary alicyclic amines) is 1. The number of hydrogen-bond acceptors (Lipinski definition) is 3. The minimum Gasteiger partial charge on any atom is -0.333 e. The molecule has 0 spiro atoms. The Bertz CT molecular complexity index is 362. The normalized spacial score (nSPS) is 16.3. The average Bonchev–Trinajstić information content (AvgIpc) is 2.56. The van der Waals surface area contributed by atoms with Crippen LogP contribution < -0.4 is 5.32 Å². The number of urea groups is 1. The van der Waals surface area contributed by atoms with Crippen molar-refractivity contribution >= 4 is 17.4 Å². The number of hydrogen-bond donors (Lipinski definition) is 1. The van der Waals surface area contributed by atoms with E-state index in [-0.39, 0.29) is 19.1 Å². The summed E-state index contributed by atoms with van der Waals surface area (Å²) in [6, 6.07) is -0.199. The summed E-state index contributed by atoms with van der Waals surface area (Å²) in [5.41, 5.74) is 0. The molecule has 1 aliphatic heterocycles. The molecule has 2 rings (SSSR count). The average molecular weight is 229 g/mol. The third-order valence-electron chi connectivity index (χ3n) is 2.21. The molecule has 2 heterocycles. The molecule has 0 aliphatic carbocycles. The minimum absolute atomic E-state index is 0.199. The Balaban J connectivity index is 1.76. The van der Waals surface area contributed by atoms with Gasteiger partial charge in [-0.3, -0.25) is 0 Å². The number of rotatable bonds is 2. The maximum atomic E-state index is 12.5. The number of nitrogens with zero attached hydrogens (tertiary/aromatic N) is 2. The zero-order valence-electron chi connectivity index (χ0n) is 8.36. The van der Waals surface area contributed by atoms with E-state index in [2.05, 4.69) is 10.3 Å². The Labute approximate surface area is 91.1 Å². The van der Waals surface area contributed by atoms with Gasteiger partial charge in [0, 0.05) is 11.1 Å². The van der Waals surface area contributed by atoms with Gasteiger partial charge in [0.2, 0.25) is 0 Å². The first-order valence-corrected chi connectivity index (χ1v) is 5.55. The van der Waals surface area contributed by atoms with Gasteiger partial charge in [-0.15, -0.1) is 11.3 Å². The van der Waals surface area contributed by atoms with Gasteiger partial charge in [0.05, 0.1) is 24.6 Å². The molecule has 1 aliphatic rings. The predicted molar refractivity (Wildman–Crippen MR) is 55.6 cm³/mol. The lowest BCUT2D eigenvalue weighted by Gasteiger charge is -2.34. The van der Waals surface area contributed by atoms with Crippen LogP contribution in [-0.4, -0.2) is 35.2 Å². The van der Waals surface area contributed by atoms with Gasteiger partial charge in [-0.05, 0) is 6.92 Å². The van der Waals surface area contributed by atoms with E-state index >= 15 is 0 Å². The Morgan fingerprint density at radius 3 is 3.07 bits per heavy atom. The van der Waals surface area contributed by atoms with Gasteiger partial charge < -0.3 is 10.2 Å². The fourth-order valence-corrected chi connectivity index (χ4v) is 2.09. The van der Waals surface area contributed by atoms with Crippen molar-refractivity contribution in [1.82, 2.24) is 15.2 Å². The van der Waals surface area contributed by atoms with Gasteiger partial charge in [-0.2, -0.15) is 0 Å². The summed E-state index contributed by atoms with van der Waals surface area (Å²) < 4.78 is 12.5. The summed E-state index contributed by atoms with van der Waals surface area (Å²) in [5, 5.41) is 3.70. The maximum absolute atomic E-state index is 12.5. The van der Waals surface area contributed by atoms with Gasteiger partial charge in [-0.1, -0.05) is 0 Å². The van der Waals surface area contributed by atoms with Crippen LogP contribution in [0.3, 0.4) is 0 Å². The molecule has 15 heavy (non-hydrogen) atoms. The highest BCUT2D eigenvalue weighted by Crippen LogP contribution is 2.13. The van der Waals surface area contributed by atoms with Crippen LogP contribution in [-0.2, 0) is 6.54 Å². The molecule has 0 aromatic carbocycles. The molecule has 82 valence electrons. The topological polar surface area (TPSA) is 45.2 Å². The number of alkyl halides is 1. The molecule has 1 aromatic rings. The maximum Gasteiger partial charge on any atom is 0.317 e. The van der Waals surface area contributed by atoms with Crippen LogP contribution >= 0.6 is 11.3 Å². The van der Waals surface area contributed by atoms with Crippen LogP contribution in [0.15, 0.2) is 6.20 Å². The SMILES string of the molecule is Cc1ncc(CNC(=O)N2CC(F)C2)s1. The van der Waals surface area contributed by atoms with Crippen LogP contribution in [0.4, 0.5) is 9.18 Å². The number of carbonyl (C=O) groups is 1. The lowest BCUT2D eigenvalue weighted by Crippen LogP contribution is -2.54. The quantitative estimate of drug-likeness (QED) is 0.831. The van der Waals surface area contributed by atoms with Crippen molar-refractivity contribution in [1.29, 1.82) is 0 Å². The van der Waals surface area contributed by atoms with Crippen LogP contribution in [0.2, 0.25) is 0 Å². The summed E-state index contributed by atoms with van der Waals surface area (Å²) in [6.45, 7) is 2.82. The number of amides is 2. The van der Waals surface area contributed by atoms with Crippen molar-refractivity contribution in [3.8, 4) is 0 Å². The van der Waals surface area contributed by atoms with E-state index < -0.39 is 6.17 Å². The number of carbonyl (C=O) groups excluding carboxylic acids is 1. The first-order chi connectivity index (χ1) is 7.15. The van der Waals surface area contributed by atoms with Crippen LogP contribution in [0.5, 0.6) is 0 Å². The van der Waals surface area contributed by atoms with Gasteiger partial charge in [0.15, 0.2) is 0 Å².